The van der Waals surface area contributed by atoms with E-state index in [-0.39, 0.29) is 11.8 Å². The van der Waals surface area contributed by atoms with E-state index in [2.05, 4.69) is 26.6 Å². The van der Waals surface area contributed by atoms with Crippen LogP contribution >= 0.6 is 15.9 Å². The molecule has 0 fully saturated rings. The van der Waals surface area contributed by atoms with E-state index >= 15 is 0 Å². The van der Waals surface area contributed by atoms with Gasteiger partial charge >= 0.3 is 6.03 Å². The summed E-state index contributed by atoms with van der Waals surface area (Å²) >= 11 is 3.32. The Morgan fingerprint density at radius 2 is 1.76 bits per heavy atom. The summed E-state index contributed by atoms with van der Waals surface area (Å²) < 4.78 is 19.0. The number of ether oxygens (including phenoxy) is 1. The number of halogens is 2. The Morgan fingerprint density at radius 1 is 1.10 bits per heavy atom. The Balaban J connectivity index is 1.67. The zero-order chi connectivity index (χ0) is 15.1. The van der Waals surface area contributed by atoms with Crippen LogP contribution in [-0.2, 0) is 0 Å². The zero-order valence-electron chi connectivity index (χ0n) is 11.1. The Morgan fingerprint density at radius 3 is 2.43 bits per heavy atom. The van der Waals surface area contributed by atoms with Gasteiger partial charge in [0.25, 0.3) is 0 Å². The monoisotopic (exact) mass is 352 g/mol. The summed E-state index contributed by atoms with van der Waals surface area (Å²) in [6.45, 7) is 0.652. The van der Waals surface area contributed by atoms with Gasteiger partial charge in [0, 0.05) is 10.2 Å². The first-order valence-electron chi connectivity index (χ1n) is 6.32. The lowest BCUT2D eigenvalue weighted by molar-refractivity contribution is 0.247. The lowest BCUT2D eigenvalue weighted by Gasteiger charge is -2.09. The molecule has 0 saturated carbocycles. The first kappa shape index (κ1) is 15.3. The molecule has 0 aliphatic heterocycles. The summed E-state index contributed by atoms with van der Waals surface area (Å²) in [6.07, 6.45) is 0. The highest BCUT2D eigenvalue weighted by atomic mass is 79.9. The molecule has 2 rings (SSSR count). The van der Waals surface area contributed by atoms with Crippen molar-refractivity contribution in [3.05, 3.63) is 58.8 Å². The standard InChI is InChI=1S/C15H14BrFN2O2/c16-11-1-5-13(6-2-11)19-15(20)18-9-10-21-14-7-3-12(17)4-8-14/h1-8H,9-10H2,(H2,18,19,20). The molecular formula is C15H14BrFN2O2. The van der Waals surface area contributed by atoms with Crippen molar-refractivity contribution in [1.29, 1.82) is 0 Å². The summed E-state index contributed by atoms with van der Waals surface area (Å²) in [7, 11) is 0. The molecule has 2 aromatic carbocycles. The van der Waals surface area contributed by atoms with Crippen LogP contribution in [0.4, 0.5) is 14.9 Å². The van der Waals surface area contributed by atoms with Crippen molar-refractivity contribution in [2.75, 3.05) is 18.5 Å². The maximum absolute atomic E-state index is 12.7. The average Bonchev–Trinajstić information content (AvgIpc) is 2.48. The molecule has 0 unspecified atom stereocenters. The van der Waals surface area contributed by atoms with Crippen LogP contribution in [0.3, 0.4) is 0 Å². The van der Waals surface area contributed by atoms with Gasteiger partial charge in [-0.05, 0) is 48.5 Å². The van der Waals surface area contributed by atoms with Crippen LogP contribution in [0.2, 0.25) is 0 Å². The molecule has 2 aromatic rings. The molecule has 0 saturated heterocycles. The number of carbonyl (C=O) groups excluding carboxylic acids is 1. The number of hydrogen-bond acceptors (Lipinski definition) is 2. The fraction of sp³-hybridized carbons (Fsp3) is 0.133. The third-order valence-corrected chi connectivity index (χ3v) is 3.10. The van der Waals surface area contributed by atoms with E-state index in [1.54, 1.807) is 12.1 Å². The van der Waals surface area contributed by atoms with Gasteiger partial charge in [-0.1, -0.05) is 15.9 Å². The Labute approximate surface area is 130 Å². The molecule has 0 heterocycles. The van der Waals surface area contributed by atoms with Gasteiger partial charge in [-0.3, -0.25) is 0 Å². The van der Waals surface area contributed by atoms with Gasteiger partial charge in [0.05, 0.1) is 6.54 Å². The number of nitrogens with one attached hydrogen (secondary N) is 2. The van der Waals surface area contributed by atoms with Gasteiger partial charge < -0.3 is 15.4 Å². The fourth-order valence-electron chi connectivity index (χ4n) is 1.57. The summed E-state index contributed by atoms with van der Waals surface area (Å²) in [6, 6.07) is 12.7. The third kappa shape index (κ3) is 5.43. The van der Waals surface area contributed by atoms with Crippen molar-refractivity contribution in [2.45, 2.75) is 0 Å². The van der Waals surface area contributed by atoms with Crippen molar-refractivity contribution in [3.8, 4) is 5.75 Å². The smallest absolute Gasteiger partial charge is 0.319 e. The largest absolute Gasteiger partial charge is 0.492 e. The van der Waals surface area contributed by atoms with Gasteiger partial charge in [-0.15, -0.1) is 0 Å². The number of anilines is 1. The quantitative estimate of drug-likeness (QED) is 0.804. The molecule has 0 radical (unpaired) electrons. The minimum Gasteiger partial charge on any atom is -0.492 e. The zero-order valence-corrected chi connectivity index (χ0v) is 12.7. The van der Waals surface area contributed by atoms with Gasteiger partial charge in [0.15, 0.2) is 0 Å². The fourth-order valence-corrected chi connectivity index (χ4v) is 1.84. The van der Waals surface area contributed by atoms with Gasteiger partial charge in [0.1, 0.15) is 18.2 Å². The van der Waals surface area contributed by atoms with Gasteiger partial charge in [0.2, 0.25) is 0 Å². The minimum absolute atomic E-state index is 0.305. The van der Waals surface area contributed by atoms with E-state index in [4.69, 9.17) is 4.74 Å². The summed E-state index contributed by atoms with van der Waals surface area (Å²) in [4.78, 5) is 11.6. The maximum Gasteiger partial charge on any atom is 0.319 e. The van der Waals surface area contributed by atoms with Crippen molar-refractivity contribution in [2.24, 2.45) is 0 Å². The minimum atomic E-state index is -0.311. The van der Waals surface area contributed by atoms with Crippen LogP contribution in [0.15, 0.2) is 53.0 Å². The first-order chi connectivity index (χ1) is 10.1. The summed E-state index contributed by atoms with van der Waals surface area (Å²) in [5, 5.41) is 5.37. The molecule has 6 heteroatoms. The van der Waals surface area contributed by atoms with Crippen molar-refractivity contribution < 1.29 is 13.9 Å². The van der Waals surface area contributed by atoms with Crippen LogP contribution in [-0.4, -0.2) is 19.2 Å². The number of carbonyl (C=O) groups is 1. The molecule has 0 spiro atoms. The van der Waals surface area contributed by atoms with Crippen LogP contribution in [0, 0.1) is 5.82 Å². The Bertz CT molecular complexity index is 588. The molecule has 4 nitrogen and oxygen atoms in total. The van der Waals surface area contributed by atoms with Gasteiger partial charge in [-0.25, -0.2) is 9.18 Å². The van der Waals surface area contributed by atoms with Crippen LogP contribution in [0.5, 0.6) is 5.75 Å². The predicted molar refractivity (Wildman–Crippen MR) is 83.1 cm³/mol. The van der Waals surface area contributed by atoms with Crippen LogP contribution in [0.1, 0.15) is 0 Å². The van der Waals surface area contributed by atoms with E-state index < -0.39 is 0 Å². The molecule has 0 atom stereocenters. The average molecular weight is 353 g/mol. The normalized spacial score (nSPS) is 10.0. The second-order valence-corrected chi connectivity index (χ2v) is 5.11. The summed E-state index contributed by atoms with van der Waals surface area (Å²) in [5.41, 5.74) is 0.704. The maximum atomic E-state index is 12.7. The second kappa shape index (κ2) is 7.64. The highest BCUT2D eigenvalue weighted by Gasteiger charge is 2.01. The molecule has 0 aliphatic carbocycles. The van der Waals surface area contributed by atoms with Crippen molar-refractivity contribution in [3.63, 3.8) is 0 Å². The van der Waals surface area contributed by atoms with Crippen molar-refractivity contribution >= 4 is 27.6 Å². The predicted octanol–water partition coefficient (Wildman–Crippen LogP) is 3.79. The van der Waals surface area contributed by atoms with Crippen molar-refractivity contribution in [1.82, 2.24) is 5.32 Å². The first-order valence-corrected chi connectivity index (χ1v) is 7.11. The Hall–Kier alpha value is -2.08. The number of benzene rings is 2. The molecular weight excluding hydrogens is 339 g/mol. The molecule has 2 amide bonds. The van der Waals surface area contributed by atoms with E-state index in [9.17, 15) is 9.18 Å². The number of rotatable bonds is 5. The number of amides is 2. The van der Waals surface area contributed by atoms with Crippen LogP contribution < -0.4 is 15.4 Å². The molecule has 21 heavy (non-hydrogen) atoms. The van der Waals surface area contributed by atoms with Crippen LogP contribution in [0.25, 0.3) is 0 Å². The molecule has 2 N–H and O–H groups in total. The lowest BCUT2D eigenvalue weighted by Crippen LogP contribution is -2.32. The highest BCUT2D eigenvalue weighted by molar-refractivity contribution is 9.10. The van der Waals surface area contributed by atoms with Gasteiger partial charge in [-0.2, -0.15) is 0 Å². The highest BCUT2D eigenvalue weighted by Crippen LogP contribution is 2.14. The summed E-state index contributed by atoms with van der Waals surface area (Å²) in [5.74, 6) is 0.251. The molecule has 0 bridgehead atoms. The van der Waals surface area contributed by atoms with E-state index in [1.807, 2.05) is 12.1 Å². The second-order valence-electron chi connectivity index (χ2n) is 4.19. The molecule has 0 aliphatic rings. The third-order valence-electron chi connectivity index (χ3n) is 2.57. The topological polar surface area (TPSA) is 50.4 Å². The van der Waals surface area contributed by atoms with E-state index in [0.29, 0.717) is 24.6 Å². The van der Waals surface area contributed by atoms with E-state index in [0.717, 1.165) is 4.47 Å². The Kier molecular flexibility index (Phi) is 5.57. The van der Waals surface area contributed by atoms with E-state index in [1.165, 1.54) is 24.3 Å². The SMILES string of the molecule is O=C(NCCOc1ccc(F)cc1)Nc1ccc(Br)cc1. The number of hydrogen-bond donors (Lipinski definition) is 2. The lowest BCUT2D eigenvalue weighted by atomic mass is 10.3. The molecule has 0 aromatic heterocycles. The molecule has 110 valence electrons. The number of urea groups is 1.